The van der Waals surface area contributed by atoms with Crippen LogP contribution in [0, 0.1) is 0 Å². The number of alkyl halides is 1. The minimum atomic E-state index is -0.763. The Bertz CT molecular complexity index is 469. The largest absolute Gasteiger partial charge is 0.246 e. The predicted molar refractivity (Wildman–Crippen MR) is 77.5 cm³/mol. The molecule has 0 aliphatic rings. The molecule has 0 fully saturated rings. The van der Waals surface area contributed by atoms with Gasteiger partial charge in [0, 0.05) is 0 Å². The summed E-state index contributed by atoms with van der Waals surface area (Å²) in [5, 5.41) is 0. The monoisotopic (exact) mass is 262 g/mol. The molecule has 0 saturated heterocycles. The maximum absolute atomic E-state index is 13.6. The van der Waals surface area contributed by atoms with E-state index in [9.17, 15) is 8.78 Å². The molecule has 2 heteroatoms. The van der Waals surface area contributed by atoms with Crippen LogP contribution in [0.25, 0.3) is 0 Å². The molecule has 0 aliphatic heterocycles. The normalized spacial score (nSPS) is 14.8. The molecule has 0 unspecified atom stereocenters. The van der Waals surface area contributed by atoms with E-state index in [1.165, 1.54) is 18.6 Å². The van der Waals surface area contributed by atoms with Crippen LogP contribution in [0.15, 0.2) is 66.0 Å². The Balaban J connectivity index is 2.83. The standard InChI is InChI=1S/C17H20F2/c1-4-15(11-17(19)14(3)12-18)10-13(2)16-8-6-5-7-9-16/h4-9,11,13H,1,10,12H2,2-3H3/b15-11+,17-14+/t13-/m0/s1. The molecule has 0 bridgehead atoms. The van der Waals surface area contributed by atoms with Gasteiger partial charge in [-0.15, -0.1) is 0 Å². The molecule has 0 nitrogen and oxygen atoms in total. The lowest BCUT2D eigenvalue weighted by atomic mass is 9.93. The van der Waals surface area contributed by atoms with Gasteiger partial charge in [0.2, 0.25) is 0 Å². The Labute approximate surface area is 114 Å². The first-order chi connectivity index (χ1) is 9.08. The summed E-state index contributed by atoms with van der Waals surface area (Å²) in [4.78, 5) is 0. The molecule has 0 N–H and O–H groups in total. The number of hydrogen-bond donors (Lipinski definition) is 0. The number of allylic oxidation sites excluding steroid dienone is 5. The zero-order valence-corrected chi connectivity index (χ0v) is 11.5. The zero-order valence-electron chi connectivity index (χ0n) is 11.5. The van der Waals surface area contributed by atoms with Crippen molar-refractivity contribution in [2.45, 2.75) is 26.2 Å². The van der Waals surface area contributed by atoms with Gasteiger partial charge >= 0.3 is 0 Å². The molecule has 0 spiro atoms. The van der Waals surface area contributed by atoms with Crippen molar-refractivity contribution in [2.24, 2.45) is 0 Å². The molecular weight excluding hydrogens is 242 g/mol. The summed E-state index contributed by atoms with van der Waals surface area (Å²) in [5.41, 5.74) is 2.09. The van der Waals surface area contributed by atoms with Crippen LogP contribution in [0.5, 0.6) is 0 Å². The van der Waals surface area contributed by atoms with Crippen LogP contribution >= 0.6 is 0 Å². The molecule has 0 amide bonds. The van der Waals surface area contributed by atoms with Gasteiger partial charge in [0.15, 0.2) is 0 Å². The van der Waals surface area contributed by atoms with Crippen LogP contribution in [0.4, 0.5) is 8.78 Å². The molecule has 102 valence electrons. The number of hydrogen-bond acceptors (Lipinski definition) is 0. The van der Waals surface area contributed by atoms with E-state index in [2.05, 4.69) is 13.5 Å². The minimum Gasteiger partial charge on any atom is -0.246 e. The molecule has 19 heavy (non-hydrogen) atoms. The lowest BCUT2D eigenvalue weighted by Crippen LogP contribution is -1.95. The van der Waals surface area contributed by atoms with Gasteiger partial charge in [0.1, 0.15) is 12.5 Å². The van der Waals surface area contributed by atoms with Gasteiger partial charge in [-0.1, -0.05) is 49.9 Å². The van der Waals surface area contributed by atoms with Crippen molar-refractivity contribution in [2.75, 3.05) is 6.67 Å². The maximum atomic E-state index is 13.6. The van der Waals surface area contributed by atoms with Crippen LogP contribution in [0.1, 0.15) is 31.7 Å². The van der Waals surface area contributed by atoms with Crippen LogP contribution in [-0.4, -0.2) is 6.67 Å². The maximum Gasteiger partial charge on any atom is 0.125 e. The van der Waals surface area contributed by atoms with E-state index >= 15 is 0 Å². The summed E-state index contributed by atoms with van der Waals surface area (Å²) in [7, 11) is 0. The molecule has 0 aliphatic carbocycles. The third kappa shape index (κ3) is 4.82. The average Bonchev–Trinajstić information content (AvgIpc) is 2.46. The topological polar surface area (TPSA) is 0 Å². The third-order valence-electron chi connectivity index (χ3n) is 3.09. The molecule has 0 aromatic heterocycles. The van der Waals surface area contributed by atoms with Crippen LogP contribution in [0.2, 0.25) is 0 Å². The van der Waals surface area contributed by atoms with Crippen LogP contribution in [-0.2, 0) is 0 Å². The quantitative estimate of drug-likeness (QED) is 0.593. The fourth-order valence-electron chi connectivity index (χ4n) is 1.80. The van der Waals surface area contributed by atoms with E-state index in [4.69, 9.17) is 0 Å². The molecule has 0 saturated carbocycles. The fraction of sp³-hybridized carbons (Fsp3) is 0.294. The molecule has 1 aromatic rings. The van der Waals surface area contributed by atoms with Gasteiger partial charge in [-0.25, -0.2) is 8.78 Å². The lowest BCUT2D eigenvalue weighted by Gasteiger charge is -2.12. The Morgan fingerprint density at radius 2 is 1.95 bits per heavy atom. The van der Waals surface area contributed by atoms with Crippen molar-refractivity contribution in [3.63, 3.8) is 0 Å². The average molecular weight is 262 g/mol. The molecular formula is C17H20F2. The summed E-state index contributed by atoms with van der Waals surface area (Å²) in [6, 6.07) is 10.0. The molecule has 1 rings (SSSR count). The van der Waals surface area contributed by atoms with Crippen molar-refractivity contribution in [1.82, 2.24) is 0 Å². The van der Waals surface area contributed by atoms with Crippen LogP contribution < -0.4 is 0 Å². The second kappa shape index (κ2) is 7.67. The van der Waals surface area contributed by atoms with Crippen molar-refractivity contribution in [1.29, 1.82) is 0 Å². The first-order valence-corrected chi connectivity index (χ1v) is 6.37. The van der Waals surface area contributed by atoms with Gasteiger partial charge in [0.05, 0.1) is 0 Å². The first kappa shape index (κ1) is 15.4. The summed E-state index contributed by atoms with van der Waals surface area (Å²) in [6.45, 7) is 6.46. The molecule has 1 atom stereocenters. The summed E-state index contributed by atoms with van der Waals surface area (Å²) >= 11 is 0. The summed E-state index contributed by atoms with van der Waals surface area (Å²) < 4.78 is 26.0. The van der Waals surface area contributed by atoms with Crippen molar-refractivity contribution in [3.8, 4) is 0 Å². The highest BCUT2D eigenvalue weighted by atomic mass is 19.1. The second-order valence-electron chi connectivity index (χ2n) is 4.70. The highest BCUT2D eigenvalue weighted by molar-refractivity contribution is 5.31. The number of halogens is 2. The van der Waals surface area contributed by atoms with E-state index in [-0.39, 0.29) is 11.5 Å². The van der Waals surface area contributed by atoms with E-state index in [0.29, 0.717) is 6.42 Å². The summed E-state index contributed by atoms with van der Waals surface area (Å²) in [6.07, 6.45) is 3.69. The van der Waals surface area contributed by atoms with Crippen LogP contribution in [0.3, 0.4) is 0 Å². The number of benzene rings is 1. The van der Waals surface area contributed by atoms with E-state index in [1.807, 2.05) is 30.3 Å². The van der Waals surface area contributed by atoms with Crippen molar-refractivity contribution in [3.05, 3.63) is 71.6 Å². The van der Waals surface area contributed by atoms with Gasteiger partial charge in [-0.2, -0.15) is 0 Å². The minimum absolute atomic E-state index is 0.117. The third-order valence-corrected chi connectivity index (χ3v) is 3.09. The molecule has 0 radical (unpaired) electrons. The smallest absolute Gasteiger partial charge is 0.125 e. The lowest BCUT2D eigenvalue weighted by molar-refractivity contribution is 0.524. The van der Waals surface area contributed by atoms with E-state index < -0.39 is 12.5 Å². The van der Waals surface area contributed by atoms with Gasteiger partial charge in [0.25, 0.3) is 0 Å². The van der Waals surface area contributed by atoms with Gasteiger partial charge in [-0.3, -0.25) is 0 Å². The SMILES string of the molecule is C=C/C(=C\C(F)=C(\C)CF)C[C@H](C)c1ccccc1. The Morgan fingerprint density at radius 3 is 2.47 bits per heavy atom. The molecule has 0 heterocycles. The van der Waals surface area contributed by atoms with Gasteiger partial charge in [-0.05, 0) is 42.0 Å². The van der Waals surface area contributed by atoms with Crippen molar-refractivity contribution < 1.29 is 8.78 Å². The second-order valence-corrected chi connectivity index (χ2v) is 4.70. The predicted octanol–water partition coefficient (Wildman–Crippen LogP) is 5.51. The van der Waals surface area contributed by atoms with Crippen molar-refractivity contribution >= 4 is 0 Å². The van der Waals surface area contributed by atoms with Gasteiger partial charge < -0.3 is 0 Å². The zero-order chi connectivity index (χ0) is 14.3. The Morgan fingerprint density at radius 1 is 1.32 bits per heavy atom. The Kier molecular flexibility index (Phi) is 6.20. The Hall–Kier alpha value is -1.70. The fourth-order valence-corrected chi connectivity index (χ4v) is 1.80. The highest BCUT2D eigenvalue weighted by Gasteiger charge is 2.07. The highest BCUT2D eigenvalue weighted by Crippen LogP contribution is 2.24. The van der Waals surface area contributed by atoms with E-state index in [0.717, 1.165) is 5.57 Å². The first-order valence-electron chi connectivity index (χ1n) is 6.37. The summed E-state index contributed by atoms with van der Waals surface area (Å²) in [5.74, 6) is -0.235. The molecule has 1 aromatic carbocycles. The number of rotatable bonds is 6. The van der Waals surface area contributed by atoms with E-state index in [1.54, 1.807) is 6.08 Å².